The van der Waals surface area contributed by atoms with Crippen molar-refractivity contribution in [1.29, 1.82) is 0 Å². The van der Waals surface area contributed by atoms with Crippen molar-refractivity contribution < 1.29 is 13.2 Å². The van der Waals surface area contributed by atoms with Crippen LogP contribution in [0.3, 0.4) is 0 Å². The molecular formula is C14H16F3N. The quantitative estimate of drug-likeness (QED) is 0.583. The van der Waals surface area contributed by atoms with Gasteiger partial charge in [-0.2, -0.15) is 13.2 Å². The van der Waals surface area contributed by atoms with Crippen molar-refractivity contribution in [2.24, 2.45) is 0 Å². The monoisotopic (exact) mass is 255 g/mol. The molecule has 0 saturated carbocycles. The summed E-state index contributed by atoms with van der Waals surface area (Å²) in [6.07, 6.45) is -3.93. The van der Waals surface area contributed by atoms with Gasteiger partial charge in [-0.25, -0.2) is 0 Å². The number of alkyl halides is 3. The molecule has 0 spiro atoms. The Hall–Kier alpha value is -1.63. The highest BCUT2D eigenvalue weighted by atomic mass is 19.4. The van der Waals surface area contributed by atoms with E-state index in [-0.39, 0.29) is 0 Å². The molecule has 18 heavy (non-hydrogen) atoms. The molecule has 0 fully saturated rings. The van der Waals surface area contributed by atoms with Gasteiger partial charge < -0.3 is 4.90 Å². The molecule has 0 aliphatic carbocycles. The predicted octanol–water partition coefficient (Wildman–Crippen LogP) is 3.86. The maximum absolute atomic E-state index is 11.8. The van der Waals surface area contributed by atoms with Crippen LogP contribution in [0.15, 0.2) is 30.3 Å². The molecule has 0 bridgehead atoms. The molecular weight excluding hydrogens is 239 g/mol. The molecule has 0 unspecified atom stereocenters. The summed E-state index contributed by atoms with van der Waals surface area (Å²) in [6, 6.07) is 9.84. The summed E-state index contributed by atoms with van der Waals surface area (Å²) >= 11 is 0. The van der Waals surface area contributed by atoms with Crippen molar-refractivity contribution in [3.8, 4) is 11.8 Å². The number of unbranched alkanes of at least 4 members (excludes halogenated alkanes) is 1. The third-order valence-corrected chi connectivity index (χ3v) is 2.41. The van der Waals surface area contributed by atoms with Crippen molar-refractivity contribution in [2.45, 2.75) is 25.4 Å². The van der Waals surface area contributed by atoms with E-state index >= 15 is 0 Å². The zero-order valence-electron chi connectivity index (χ0n) is 10.3. The fraction of sp³-hybridized carbons (Fsp3) is 0.429. The van der Waals surface area contributed by atoms with E-state index in [1.54, 1.807) is 0 Å². The Balaban J connectivity index is 2.22. The average Bonchev–Trinajstić information content (AvgIpc) is 2.33. The Morgan fingerprint density at radius 2 is 1.78 bits per heavy atom. The van der Waals surface area contributed by atoms with Crippen LogP contribution < -0.4 is 4.90 Å². The van der Waals surface area contributed by atoms with E-state index in [4.69, 9.17) is 0 Å². The third-order valence-electron chi connectivity index (χ3n) is 2.41. The zero-order valence-corrected chi connectivity index (χ0v) is 10.3. The number of nitrogens with zero attached hydrogens (tertiary/aromatic N) is 1. The maximum atomic E-state index is 11.8. The molecule has 1 nitrogen and oxygen atoms in total. The summed E-state index contributed by atoms with van der Waals surface area (Å²) in [7, 11) is 1.96. The van der Waals surface area contributed by atoms with E-state index in [2.05, 4.69) is 16.7 Å². The minimum absolute atomic E-state index is 0.493. The van der Waals surface area contributed by atoms with E-state index in [9.17, 15) is 13.2 Å². The third kappa shape index (κ3) is 6.19. The topological polar surface area (TPSA) is 3.24 Å². The highest BCUT2D eigenvalue weighted by Crippen LogP contribution is 2.18. The number of hydrogen-bond acceptors (Lipinski definition) is 1. The lowest BCUT2D eigenvalue weighted by molar-refractivity contribution is -0.123. The Bertz CT molecular complexity index is 401. The number of benzene rings is 1. The summed E-state index contributed by atoms with van der Waals surface area (Å²) in [5.74, 6) is 4.70. The SMILES string of the molecule is CN(CCCC#CCC(F)(F)F)c1ccccc1. The summed E-state index contributed by atoms with van der Waals surface area (Å²) in [5.41, 5.74) is 1.10. The molecule has 0 aliphatic heterocycles. The fourth-order valence-corrected chi connectivity index (χ4v) is 1.47. The van der Waals surface area contributed by atoms with Crippen LogP contribution in [0.25, 0.3) is 0 Å². The van der Waals surface area contributed by atoms with Crippen molar-refractivity contribution >= 4 is 5.69 Å². The van der Waals surface area contributed by atoms with Gasteiger partial charge in [0.2, 0.25) is 0 Å². The maximum Gasteiger partial charge on any atom is 0.399 e. The normalized spacial score (nSPS) is 10.7. The molecule has 0 aliphatic rings. The number of halogens is 3. The van der Waals surface area contributed by atoms with Crippen molar-refractivity contribution in [1.82, 2.24) is 0 Å². The number of anilines is 1. The van der Waals surface area contributed by atoms with Gasteiger partial charge in [-0.05, 0) is 18.6 Å². The first-order chi connectivity index (χ1) is 8.49. The van der Waals surface area contributed by atoms with Crippen LogP contribution in [-0.4, -0.2) is 19.8 Å². The molecule has 0 heterocycles. The van der Waals surface area contributed by atoms with Crippen molar-refractivity contribution in [2.75, 3.05) is 18.5 Å². The summed E-state index contributed by atoms with van der Waals surface area (Å²) in [5, 5.41) is 0. The van der Waals surface area contributed by atoms with Gasteiger partial charge in [-0.3, -0.25) is 0 Å². The van der Waals surface area contributed by atoms with Gasteiger partial charge in [-0.1, -0.05) is 24.1 Å². The highest BCUT2D eigenvalue weighted by Gasteiger charge is 2.24. The molecule has 0 aromatic heterocycles. The molecule has 0 saturated heterocycles. The Morgan fingerprint density at radius 1 is 1.11 bits per heavy atom. The van der Waals surface area contributed by atoms with Gasteiger partial charge in [0.1, 0.15) is 6.42 Å². The molecule has 0 radical (unpaired) electrons. The van der Waals surface area contributed by atoms with E-state index in [0.717, 1.165) is 18.7 Å². The van der Waals surface area contributed by atoms with Gasteiger partial charge in [0.25, 0.3) is 0 Å². The largest absolute Gasteiger partial charge is 0.399 e. The van der Waals surface area contributed by atoms with E-state index in [1.165, 1.54) is 0 Å². The first kappa shape index (κ1) is 14.4. The second kappa shape index (κ2) is 6.95. The lowest BCUT2D eigenvalue weighted by atomic mass is 10.2. The lowest BCUT2D eigenvalue weighted by Gasteiger charge is -2.18. The van der Waals surface area contributed by atoms with Gasteiger partial charge in [-0.15, -0.1) is 5.92 Å². The summed E-state index contributed by atoms with van der Waals surface area (Å²) < 4.78 is 35.4. The highest BCUT2D eigenvalue weighted by molar-refractivity contribution is 5.44. The van der Waals surface area contributed by atoms with Crippen molar-refractivity contribution in [3.63, 3.8) is 0 Å². The first-order valence-corrected chi connectivity index (χ1v) is 5.78. The van der Waals surface area contributed by atoms with E-state index in [1.807, 2.05) is 37.4 Å². The standard InChI is InChI=1S/C14H16F3N/c1-18(13-9-5-4-6-10-13)12-8-3-2-7-11-14(15,16)17/h4-6,9-10H,3,8,11-12H2,1H3. The summed E-state index contributed by atoms with van der Waals surface area (Å²) in [4.78, 5) is 2.06. The Morgan fingerprint density at radius 3 is 2.39 bits per heavy atom. The van der Waals surface area contributed by atoms with Crippen LogP contribution in [0.4, 0.5) is 18.9 Å². The molecule has 1 aromatic rings. The molecule has 0 atom stereocenters. The van der Waals surface area contributed by atoms with Gasteiger partial charge in [0.05, 0.1) is 0 Å². The van der Waals surface area contributed by atoms with Crippen LogP contribution >= 0.6 is 0 Å². The number of hydrogen-bond donors (Lipinski definition) is 0. The smallest absolute Gasteiger partial charge is 0.375 e. The molecule has 4 heteroatoms. The van der Waals surface area contributed by atoms with Crippen LogP contribution in [0.1, 0.15) is 19.3 Å². The molecule has 0 amide bonds. The minimum Gasteiger partial charge on any atom is -0.375 e. The van der Waals surface area contributed by atoms with Crippen molar-refractivity contribution in [3.05, 3.63) is 30.3 Å². The van der Waals surface area contributed by atoms with Crippen LogP contribution in [-0.2, 0) is 0 Å². The summed E-state index contributed by atoms with van der Waals surface area (Å²) in [6.45, 7) is 0.782. The number of para-hydroxylation sites is 1. The predicted molar refractivity (Wildman–Crippen MR) is 67.4 cm³/mol. The second-order valence-electron chi connectivity index (χ2n) is 4.01. The Labute approximate surface area is 106 Å². The Kier molecular flexibility index (Phi) is 5.57. The van der Waals surface area contributed by atoms with E-state index in [0.29, 0.717) is 6.42 Å². The number of rotatable bonds is 4. The molecule has 1 aromatic carbocycles. The van der Waals surface area contributed by atoms with E-state index < -0.39 is 12.6 Å². The molecule has 1 rings (SSSR count). The van der Waals surface area contributed by atoms with Crippen LogP contribution in [0, 0.1) is 11.8 Å². The fourth-order valence-electron chi connectivity index (χ4n) is 1.47. The van der Waals surface area contributed by atoms with Crippen LogP contribution in [0.5, 0.6) is 0 Å². The van der Waals surface area contributed by atoms with Crippen LogP contribution in [0.2, 0.25) is 0 Å². The average molecular weight is 255 g/mol. The van der Waals surface area contributed by atoms with Gasteiger partial charge in [0.15, 0.2) is 0 Å². The molecule has 98 valence electrons. The lowest BCUT2D eigenvalue weighted by Crippen LogP contribution is -2.17. The molecule has 0 N–H and O–H groups in total. The minimum atomic E-state index is -4.17. The van der Waals surface area contributed by atoms with Gasteiger partial charge in [0, 0.05) is 25.7 Å². The second-order valence-corrected chi connectivity index (χ2v) is 4.01. The zero-order chi connectivity index (χ0) is 13.4. The first-order valence-electron chi connectivity index (χ1n) is 5.78. The van der Waals surface area contributed by atoms with Gasteiger partial charge >= 0.3 is 6.18 Å².